The molecule has 0 aliphatic carbocycles. The lowest BCUT2D eigenvalue weighted by atomic mass is 9.85. The number of benzene rings is 1. The van der Waals surface area contributed by atoms with Crippen LogP contribution in [-0.4, -0.2) is 26.8 Å². The Morgan fingerprint density at radius 1 is 1.24 bits per heavy atom. The van der Waals surface area contributed by atoms with Gasteiger partial charge in [0.1, 0.15) is 11.3 Å². The van der Waals surface area contributed by atoms with Crippen molar-refractivity contribution in [3.05, 3.63) is 52.3 Å². The van der Waals surface area contributed by atoms with Crippen molar-refractivity contribution in [1.29, 1.82) is 0 Å². The van der Waals surface area contributed by atoms with E-state index in [-0.39, 0.29) is 22.8 Å². The Bertz CT molecular complexity index is 1190. The van der Waals surface area contributed by atoms with Crippen LogP contribution < -0.4 is 10.2 Å². The topological polar surface area (TPSA) is 73.5 Å². The number of carbonyl (C=O) groups is 1. The standard InChI is InChI=1S/C21H20F2N2O4/c1-21(2,3)18-10-24-13-5-4-6-17(29-20(22)23)11(13)7-14(24)15-8-16(26)12(19(27)28)9-25(15)18/h4-9,18,20H,10H2,1-3H3,(H,27,28). The summed E-state index contributed by atoms with van der Waals surface area (Å²) in [5.41, 5.74) is 0.761. The van der Waals surface area contributed by atoms with E-state index in [2.05, 4.69) is 4.74 Å². The van der Waals surface area contributed by atoms with E-state index in [0.717, 1.165) is 0 Å². The molecule has 3 aromatic rings. The molecule has 3 heterocycles. The maximum absolute atomic E-state index is 12.8. The zero-order valence-corrected chi connectivity index (χ0v) is 16.1. The maximum atomic E-state index is 12.8. The number of hydrogen-bond acceptors (Lipinski definition) is 3. The number of aromatic nitrogens is 2. The molecular weight excluding hydrogens is 382 g/mol. The number of fused-ring (bicyclic) bond motifs is 5. The van der Waals surface area contributed by atoms with Crippen LogP contribution in [0.25, 0.3) is 22.3 Å². The van der Waals surface area contributed by atoms with Gasteiger partial charge in [-0.05, 0) is 23.6 Å². The predicted molar refractivity (Wildman–Crippen MR) is 104 cm³/mol. The summed E-state index contributed by atoms with van der Waals surface area (Å²) in [5.74, 6) is -1.22. The van der Waals surface area contributed by atoms with E-state index in [4.69, 9.17) is 0 Å². The Labute approximate surface area is 164 Å². The molecule has 0 fully saturated rings. The molecule has 0 radical (unpaired) electrons. The molecule has 0 bridgehead atoms. The van der Waals surface area contributed by atoms with Gasteiger partial charge in [0.05, 0.1) is 22.9 Å². The highest BCUT2D eigenvalue weighted by Gasteiger charge is 2.34. The maximum Gasteiger partial charge on any atom is 0.387 e. The minimum absolute atomic E-state index is 0.0581. The van der Waals surface area contributed by atoms with Gasteiger partial charge in [-0.3, -0.25) is 4.79 Å². The molecule has 2 aromatic heterocycles. The van der Waals surface area contributed by atoms with Crippen LogP contribution in [0.5, 0.6) is 5.75 Å². The van der Waals surface area contributed by atoms with Gasteiger partial charge in [-0.2, -0.15) is 8.78 Å². The fourth-order valence-corrected chi connectivity index (χ4v) is 3.99. The van der Waals surface area contributed by atoms with E-state index < -0.39 is 18.0 Å². The molecule has 4 rings (SSSR count). The number of alkyl halides is 2. The Morgan fingerprint density at radius 3 is 2.59 bits per heavy atom. The zero-order valence-electron chi connectivity index (χ0n) is 16.1. The summed E-state index contributed by atoms with van der Waals surface area (Å²) in [7, 11) is 0. The molecular formula is C21H20F2N2O4. The summed E-state index contributed by atoms with van der Waals surface area (Å²) in [5, 5.41) is 9.89. The SMILES string of the molecule is CC(C)(C)C1Cn2c(cc3c(OC(F)F)cccc32)-c2cc(=O)c(C(=O)O)cn21. The Kier molecular flexibility index (Phi) is 4.25. The number of halogens is 2. The Morgan fingerprint density at radius 2 is 1.97 bits per heavy atom. The molecule has 0 spiro atoms. The first kappa shape index (κ1) is 19.2. The minimum atomic E-state index is -2.95. The molecule has 1 aromatic carbocycles. The molecule has 1 aliphatic heterocycles. The number of hydrogen-bond donors (Lipinski definition) is 1. The molecule has 0 saturated carbocycles. The van der Waals surface area contributed by atoms with Crippen molar-refractivity contribution in [2.75, 3.05) is 0 Å². The Hall–Kier alpha value is -3.16. The van der Waals surface area contributed by atoms with Crippen molar-refractivity contribution in [3.8, 4) is 17.1 Å². The van der Waals surface area contributed by atoms with Crippen molar-refractivity contribution in [3.63, 3.8) is 0 Å². The number of pyridine rings is 1. The lowest BCUT2D eigenvalue weighted by Crippen LogP contribution is -2.35. The molecule has 1 atom stereocenters. The minimum Gasteiger partial charge on any atom is -0.477 e. The summed E-state index contributed by atoms with van der Waals surface area (Å²) in [6, 6.07) is 7.80. The van der Waals surface area contributed by atoms with Crippen LogP contribution in [0.4, 0.5) is 8.78 Å². The highest BCUT2D eigenvalue weighted by atomic mass is 19.3. The first-order chi connectivity index (χ1) is 13.6. The van der Waals surface area contributed by atoms with Gasteiger partial charge in [0.2, 0.25) is 0 Å². The summed E-state index contributed by atoms with van der Waals surface area (Å²) in [6.45, 7) is 3.63. The number of rotatable bonds is 3. The fourth-order valence-electron chi connectivity index (χ4n) is 3.99. The zero-order chi connectivity index (χ0) is 21.1. The third-order valence-corrected chi connectivity index (χ3v) is 5.39. The Balaban J connectivity index is 2.03. The lowest BCUT2D eigenvalue weighted by molar-refractivity contribution is -0.0488. The molecule has 152 valence electrons. The highest BCUT2D eigenvalue weighted by Crippen LogP contribution is 2.43. The van der Waals surface area contributed by atoms with Crippen molar-refractivity contribution in [1.82, 2.24) is 9.13 Å². The van der Waals surface area contributed by atoms with Crippen LogP contribution in [-0.2, 0) is 6.54 Å². The second kappa shape index (κ2) is 6.43. The second-order valence-electron chi connectivity index (χ2n) is 8.24. The molecule has 0 amide bonds. The third kappa shape index (κ3) is 3.08. The normalized spacial score (nSPS) is 16.0. The summed E-state index contributed by atoms with van der Waals surface area (Å²) in [4.78, 5) is 23.9. The number of carboxylic acids is 1. The van der Waals surface area contributed by atoms with Crippen LogP contribution in [0.2, 0.25) is 0 Å². The lowest BCUT2D eigenvalue weighted by Gasteiger charge is -2.39. The molecule has 29 heavy (non-hydrogen) atoms. The van der Waals surface area contributed by atoms with E-state index >= 15 is 0 Å². The second-order valence-corrected chi connectivity index (χ2v) is 8.24. The molecule has 1 N–H and O–H groups in total. The smallest absolute Gasteiger partial charge is 0.387 e. The molecule has 1 unspecified atom stereocenters. The fraction of sp³-hybridized carbons (Fsp3) is 0.333. The number of ether oxygens (including phenoxy) is 1. The van der Waals surface area contributed by atoms with Crippen LogP contribution in [0.15, 0.2) is 41.3 Å². The van der Waals surface area contributed by atoms with Gasteiger partial charge >= 0.3 is 12.6 Å². The van der Waals surface area contributed by atoms with Crippen molar-refractivity contribution in [2.24, 2.45) is 5.41 Å². The quantitative estimate of drug-likeness (QED) is 0.706. The number of nitrogens with zero attached hydrogens (tertiary/aromatic N) is 2. The van der Waals surface area contributed by atoms with Crippen LogP contribution in [0, 0.1) is 5.41 Å². The van der Waals surface area contributed by atoms with Gasteiger partial charge in [0, 0.05) is 24.2 Å². The molecule has 6 nitrogen and oxygen atoms in total. The van der Waals surface area contributed by atoms with E-state index in [0.29, 0.717) is 28.8 Å². The summed E-state index contributed by atoms with van der Waals surface area (Å²) >= 11 is 0. The monoisotopic (exact) mass is 402 g/mol. The van der Waals surface area contributed by atoms with Gasteiger partial charge in [-0.15, -0.1) is 0 Å². The van der Waals surface area contributed by atoms with E-state index in [9.17, 15) is 23.5 Å². The van der Waals surface area contributed by atoms with E-state index in [1.54, 1.807) is 12.1 Å². The predicted octanol–water partition coefficient (Wildman–Crippen LogP) is 4.37. The van der Waals surface area contributed by atoms with E-state index in [1.165, 1.54) is 18.3 Å². The number of carboxylic acid groups (broad SMARTS) is 1. The van der Waals surface area contributed by atoms with Gasteiger partial charge in [-0.1, -0.05) is 26.8 Å². The average molecular weight is 402 g/mol. The van der Waals surface area contributed by atoms with Crippen LogP contribution in [0.3, 0.4) is 0 Å². The third-order valence-electron chi connectivity index (χ3n) is 5.39. The largest absolute Gasteiger partial charge is 0.477 e. The van der Waals surface area contributed by atoms with Crippen molar-refractivity contribution < 1.29 is 23.4 Å². The summed E-state index contributed by atoms with van der Waals surface area (Å²) in [6.07, 6.45) is 1.38. The van der Waals surface area contributed by atoms with E-state index in [1.807, 2.05) is 36.0 Å². The van der Waals surface area contributed by atoms with Crippen LogP contribution >= 0.6 is 0 Å². The van der Waals surface area contributed by atoms with Crippen LogP contribution in [0.1, 0.15) is 37.2 Å². The average Bonchev–Trinajstić information content (AvgIpc) is 2.99. The molecule has 1 aliphatic rings. The summed E-state index contributed by atoms with van der Waals surface area (Å²) < 4.78 is 34.1. The van der Waals surface area contributed by atoms with Gasteiger partial charge < -0.3 is 19.0 Å². The first-order valence-electron chi connectivity index (χ1n) is 9.15. The first-order valence-corrected chi connectivity index (χ1v) is 9.15. The molecule has 0 saturated heterocycles. The van der Waals surface area contributed by atoms with Gasteiger partial charge in [0.25, 0.3) is 0 Å². The van der Waals surface area contributed by atoms with Gasteiger partial charge in [0.15, 0.2) is 5.43 Å². The van der Waals surface area contributed by atoms with Crippen molar-refractivity contribution in [2.45, 2.75) is 40.0 Å². The highest BCUT2D eigenvalue weighted by molar-refractivity contribution is 5.92. The van der Waals surface area contributed by atoms with Crippen molar-refractivity contribution >= 4 is 16.9 Å². The molecule has 8 heteroatoms. The van der Waals surface area contributed by atoms with Gasteiger partial charge in [-0.25, -0.2) is 4.79 Å². The number of aromatic carboxylic acids is 1.